The summed E-state index contributed by atoms with van der Waals surface area (Å²) in [6.45, 7) is 4.76. The number of hydrogen-bond acceptors (Lipinski definition) is 5. The number of nitrogen functional groups attached to an aromatic ring is 1. The van der Waals surface area contributed by atoms with E-state index in [2.05, 4.69) is 4.98 Å². The second-order valence-corrected chi connectivity index (χ2v) is 6.96. The van der Waals surface area contributed by atoms with E-state index >= 15 is 0 Å². The summed E-state index contributed by atoms with van der Waals surface area (Å²) in [7, 11) is 1.53. The van der Waals surface area contributed by atoms with Crippen LogP contribution in [-0.2, 0) is 16.1 Å². The van der Waals surface area contributed by atoms with Gasteiger partial charge in [-0.15, -0.1) is 0 Å². The van der Waals surface area contributed by atoms with Crippen LogP contribution in [-0.4, -0.2) is 35.7 Å². The number of carbonyl (C=O) groups is 1. The van der Waals surface area contributed by atoms with Gasteiger partial charge in [-0.2, -0.15) is 0 Å². The summed E-state index contributed by atoms with van der Waals surface area (Å²) >= 11 is 0. The van der Waals surface area contributed by atoms with Crippen molar-refractivity contribution in [2.75, 3.05) is 30.9 Å². The van der Waals surface area contributed by atoms with E-state index < -0.39 is 11.2 Å². The van der Waals surface area contributed by atoms with Gasteiger partial charge >= 0.3 is 5.69 Å². The number of hydrogen-bond donors (Lipinski definition) is 2. The van der Waals surface area contributed by atoms with Crippen molar-refractivity contribution >= 4 is 17.4 Å². The number of carbonyl (C=O) groups excluding carboxylic acids is 1. The summed E-state index contributed by atoms with van der Waals surface area (Å²) < 4.78 is 6.41. The van der Waals surface area contributed by atoms with Crippen LogP contribution in [0.1, 0.15) is 39.5 Å². The molecule has 3 N–H and O–H groups in total. The monoisotopic (exact) mass is 352 g/mol. The molecule has 0 aromatic carbocycles. The van der Waals surface area contributed by atoms with Crippen LogP contribution in [0.15, 0.2) is 9.59 Å². The first-order chi connectivity index (χ1) is 11.9. The summed E-state index contributed by atoms with van der Waals surface area (Å²) in [6.07, 6.45) is 3.64. The highest BCUT2D eigenvalue weighted by molar-refractivity contribution is 5.97. The van der Waals surface area contributed by atoms with Crippen LogP contribution in [0.4, 0.5) is 11.5 Å². The molecule has 0 aliphatic heterocycles. The van der Waals surface area contributed by atoms with E-state index in [0.717, 1.165) is 25.7 Å². The molecule has 0 unspecified atom stereocenters. The summed E-state index contributed by atoms with van der Waals surface area (Å²) in [4.78, 5) is 41.2. The smallest absolute Gasteiger partial charge is 0.330 e. The Bertz CT molecular complexity index is 716. The number of nitrogens with two attached hydrogens (primary N) is 1. The van der Waals surface area contributed by atoms with Gasteiger partial charge in [0.2, 0.25) is 5.91 Å². The average molecular weight is 352 g/mol. The number of methoxy groups -OCH3 is 1. The van der Waals surface area contributed by atoms with Gasteiger partial charge in [-0.3, -0.25) is 19.1 Å². The van der Waals surface area contributed by atoms with Crippen LogP contribution in [0.25, 0.3) is 0 Å². The topological polar surface area (TPSA) is 110 Å². The predicted molar refractivity (Wildman–Crippen MR) is 96.8 cm³/mol. The van der Waals surface area contributed by atoms with Gasteiger partial charge in [0.15, 0.2) is 5.69 Å². The Morgan fingerprint density at radius 2 is 2.00 bits per heavy atom. The second-order valence-electron chi connectivity index (χ2n) is 6.96. The number of ether oxygens (including phenoxy) is 1. The van der Waals surface area contributed by atoms with Crippen molar-refractivity contribution < 1.29 is 9.53 Å². The van der Waals surface area contributed by atoms with Crippen molar-refractivity contribution in [1.82, 2.24) is 9.55 Å². The van der Waals surface area contributed by atoms with Crippen LogP contribution in [0.2, 0.25) is 0 Å². The number of H-pyrrole nitrogens is 1. The number of nitrogens with one attached hydrogen (secondary N) is 1. The lowest BCUT2D eigenvalue weighted by atomic mass is 10.1. The first-order valence-electron chi connectivity index (χ1n) is 8.79. The maximum absolute atomic E-state index is 12.9. The summed E-state index contributed by atoms with van der Waals surface area (Å²) in [6, 6.07) is 0. The minimum atomic E-state index is -0.634. The van der Waals surface area contributed by atoms with Crippen LogP contribution in [0.3, 0.4) is 0 Å². The third kappa shape index (κ3) is 4.31. The molecule has 0 bridgehead atoms. The van der Waals surface area contributed by atoms with Gasteiger partial charge in [-0.1, -0.05) is 26.7 Å². The molecule has 1 amide bonds. The molecule has 1 aromatic heterocycles. The van der Waals surface area contributed by atoms with E-state index in [1.54, 1.807) is 0 Å². The molecule has 1 aliphatic rings. The highest BCUT2D eigenvalue weighted by Crippen LogP contribution is 2.29. The number of aromatic amines is 1. The predicted octanol–water partition coefficient (Wildman–Crippen LogP) is 0.944. The average Bonchev–Trinajstić information content (AvgIpc) is 3.08. The summed E-state index contributed by atoms with van der Waals surface area (Å²) in [5, 5.41) is 0. The van der Waals surface area contributed by atoms with Crippen LogP contribution < -0.4 is 21.9 Å². The zero-order valence-corrected chi connectivity index (χ0v) is 15.2. The number of anilines is 2. The maximum atomic E-state index is 12.9. The van der Waals surface area contributed by atoms with Gasteiger partial charge in [0.25, 0.3) is 5.56 Å². The molecule has 0 atom stereocenters. The molecule has 1 fully saturated rings. The third-order valence-electron chi connectivity index (χ3n) is 4.52. The second kappa shape index (κ2) is 8.33. The Morgan fingerprint density at radius 3 is 2.56 bits per heavy atom. The molecule has 140 valence electrons. The standard InChI is InChI=1S/C17H28N4O4/c1-11(2)10-21-14(18)13(15(22)19-17(21)24)20(8-9-25-3)16(23)12-6-4-5-7-12/h11-12H,4-10,18H2,1-3H3,(H,19,22,24). The third-order valence-corrected chi connectivity index (χ3v) is 4.52. The fourth-order valence-electron chi connectivity index (χ4n) is 3.29. The Morgan fingerprint density at radius 1 is 1.36 bits per heavy atom. The van der Waals surface area contributed by atoms with Crippen molar-refractivity contribution in [3.63, 3.8) is 0 Å². The zero-order valence-electron chi connectivity index (χ0n) is 15.2. The van der Waals surface area contributed by atoms with Gasteiger partial charge in [-0.05, 0) is 18.8 Å². The Balaban J connectivity index is 2.50. The quantitative estimate of drug-likeness (QED) is 0.759. The lowest BCUT2D eigenvalue weighted by Crippen LogP contribution is -2.44. The number of aromatic nitrogens is 2. The van der Waals surface area contributed by atoms with Gasteiger partial charge < -0.3 is 15.4 Å². The molecule has 0 saturated heterocycles. The molecule has 1 saturated carbocycles. The van der Waals surface area contributed by atoms with E-state index in [1.807, 2.05) is 13.8 Å². The molecule has 0 radical (unpaired) electrons. The van der Waals surface area contributed by atoms with Gasteiger partial charge in [0, 0.05) is 26.1 Å². The zero-order chi connectivity index (χ0) is 18.6. The summed E-state index contributed by atoms with van der Waals surface area (Å²) in [5.74, 6) is -0.0377. The number of nitrogens with zero attached hydrogens (tertiary/aromatic N) is 2. The van der Waals surface area contributed by atoms with Crippen LogP contribution in [0, 0.1) is 11.8 Å². The molecule has 1 aromatic rings. The van der Waals surface area contributed by atoms with Crippen LogP contribution >= 0.6 is 0 Å². The first kappa shape index (κ1) is 19.2. The Hall–Kier alpha value is -2.09. The number of amides is 1. The SMILES string of the molecule is COCCN(C(=O)C1CCCC1)c1c(N)n(CC(C)C)c(=O)[nH]c1=O. The molecule has 1 heterocycles. The van der Waals surface area contributed by atoms with Crippen molar-refractivity contribution in [2.45, 2.75) is 46.1 Å². The van der Waals surface area contributed by atoms with Crippen molar-refractivity contribution in [1.29, 1.82) is 0 Å². The molecular formula is C17H28N4O4. The Kier molecular flexibility index (Phi) is 6.41. The fraction of sp³-hybridized carbons (Fsp3) is 0.706. The van der Waals surface area contributed by atoms with Crippen LogP contribution in [0.5, 0.6) is 0 Å². The van der Waals surface area contributed by atoms with Gasteiger partial charge in [0.1, 0.15) is 5.82 Å². The largest absolute Gasteiger partial charge is 0.383 e. The van der Waals surface area contributed by atoms with E-state index in [0.29, 0.717) is 6.54 Å². The molecule has 0 spiro atoms. The minimum absolute atomic E-state index is 0.0323. The molecule has 25 heavy (non-hydrogen) atoms. The van der Waals surface area contributed by atoms with Gasteiger partial charge in [0.05, 0.1) is 6.61 Å². The minimum Gasteiger partial charge on any atom is -0.383 e. The molecule has 8 heteroatoms. The van der Waals surface area contributed by atoms with E-state index in [-0.39, 0.29) is 42.4 Å². The number of rotatable bonds is 7. The summed E-state index contributed by atoms with van der Waals surface area (Å²) in [5.41, 5.74) is 5.01. The Labute approximate surface area is 147 Å². The molecule has 8 nitrogen and oxygen atoms in total. The van der Waals surface area contributed by atoms with E-state index in [1.165, 1.54) is 16.6 Å². The van der Waals surface area contributed by atoms with Crippen molar-refractivity contribution in [2.24, 2.45) is 11.8 Å². The lowest BCUT2D eigenvalue weighted by molar-refractivity contribution is -0.122. The van der Waals surface area contributed by atoms with E-state index in [4.69, 9.17) is 10.5 Å². The normalized spacial score (nSPS) is 15.0. The molecule has 2 rings (SSSR count). The van der Waals surface area contributed by atoms with Gasteiger partial charge in [-0.25, -0.2) is 4.79 Å². The highest BCUT2D eigenvalue weighted by atomic mass is 16.5. The first-order valence-corrected chi connectivity index (χ1v) is 8.79. The van der Waals surface area contributed by atoms with Crippen molar-refractivity contribution in [3.05, 3.63) is 20.8 Å². The van der Waals surface area contributed by atoms with Crippen molar-refractivity contribution in [3.8, 4) is 0 Å². The fourth-order valence-corrected chi connectivity index (χ4v) is 3.29. The lowest BCUT2D eigenvalue weighted by Gasteiger charge is -2.27. The molecular weight excluding hydrogens is 324 g/mol. The highest BCUT2D eigenvalue weighted by Gasteiger charge is 2.31. The van der Waals surface area contributed by atoms with E-state index in [9.17, 15) is 14.4 Å². The maximum Gasteiger partial charge on any atom is 0.330 e. The molecule has 1 aliphatic carbocycles.